The van der Waals surface area contributed by atoms with Gasteiger partial charge in [-0.15, -0.1) is 0 Å². The molecule has 0 fully saturated rings. The SMILES string of the molecule is CC(C)C(N)Cc1nc(-c2cc(F)c(F)c(F)c2)no1. The number of halogens is 3. The van der Waals surface area contributed by atoms with E-state index < -0.39 is 17.5 Å². The van der Waals surface area contributed by atoms with Crippen molar-refractivity contribution in [2.75, 3.05) is 0 Å². The summed E-state index contributed by atoms with van der Waals surface area (Å²) < 4.78 is 44.1. The maximum atomic E-state index is 13.1. The Kier molecular flexibility index (Phi) is 4.08. The first-order valence-electron chi connectivity index (χ1n) is 6.11. The molecule has 0 aliphatic heterocycles. The third-order valence-corrected chi connectivity index (χ3v) is 2.98. The molecule has 1 heterocycles. The highest BCUT2D eigenvalue weighted by atomic mass is 19.2. The zero-order chi connectivity index (χ0) is 14.9. The van der Waals surface area contributed by atoms with Gasteiger partial charge in [-0.25, -0.2) is 13.2 Å². The van der Waals surface area contributed by atoms with Crippen LogP contribution in [0.1, 0.15) is 19.7 Å². The van der Waals surface area contributed by atoms with Crippen LogP contribution in [0.5, 0.6) is 0 Å². The number of aromatic nitrogens is 2. The fraction of sp³-hybridized carbons (Fsp3) is 0.385. The van der Waals surface area contributed by atoms with Crippen molar-refractivity contribution in [2.24, 2.45) is 11.7 Å². The average Bonchev–Trinajstić information content (AvgIpc) is 2.83. The molecule has 4 nitrogen and oxygen atoms in total. The molecular formula is C13H14F3N3O. The number of rotatable bonds is 4. The van der Waals surface area contributed by atoms with Crippen LogP contribution in [0.3, 0.4) is 0 Å². The molecular weight excluding hydrogens is 271 g/mol. The van der Waals surface area contributed by atoms with Crippen LogP contribution < -0.4 is 5.73 Å². The van der Waals surface area contributed by atoms with E-state index in [-0.39, 0.29) is 29.2 Å². The minimum Gasteiger partial charge on any atom is -0.339 e. The van der Waals surface area contributed by atoms with E-state index in [0.717, 1.165) is 12.1 Å². The topological polar surface area (TPSA) is 64.9 Å². The van der Waals surface area contributed by atoms with Crippen LogP contribution in [-0.4, -0.2) is 16.2 Å². The number of nitrogens with zero attached hydrogens (tertiary/aromatic N) is 2. The van der Waals surface area contributed by atoms with E-state index in [1.165, 1.54) is 0 Å². The zero-order valence-corrected chi connectivity index (χ0v) is 11.0. The molecule has 0 radical (unpaired) electrons. The van der Waals surface area contributed by atoms with Crippen LogP contribution in [0.2, 0.25) is 0 Å². The van der Waals surface area contributed by atoms with Crippen molar-refractivity contribution in [1.29, 1.82) is 0 Å². The summed E-state index contributed by atoms with van der Waals surface area (Å²) in [6.45, 7) is 3.90. The van der Waals surface area contributed by atoms with Gasteiger partial charge in [0.15, 0.2) is 17.5 Å². The van der Waals surface area contributed by atoms with Crippen molar-refractivity contribution in [3.63, 3.8) is 0 Å². The first-order valence-corrected chi connectivity index (χ1v) is 6.11. The Morgan fingerprint density at radius 1 is 1.20 bits per heavy atom. The number of nitrogens with two attached hydrogens (primary N) is 1. The van der Waals surface area contributed by atoms with Crippen LogP contribution >= 0.6 is 0 Å². The Balaban J connectivity index is 2.25. The molecule has 2 N–H and O–H groups in total. The highest BCUT2D eigenvalue weighted by Gasteiger charge is 2.17. The lowest BCUT2D eigenvalue weighted by molar-refractivity contribution is 0.353. The van der Waals surface area contributed by atoms with Crippen LogP contribution in [0.15, 0.2) is 16.7 Å². The van der Waals surface area contributed by atoms with Crippen LogP contribution in [0.25, 0.3) is 11.4 Å². The second-order valence-corrected chi connectivity index (χ2v) is 4.88. The summed E-state index contributed by atoms with van der Waals surface area (Å²) in [5, 5.41) is 3.61. The number of benzene rings is 1. The van der Waals surface area contributed by atoms with E-state index in [4.69, 9.17) is 10.3 Å². The Morgan fingerprint density at radius 3 is 2.35 bits per heavy atom. The predicted octanol–water partition coefficient (Wildman–Crippen LogP) is 2.68. The summed E-state index contributed by atoms with van der Waals surface area (Å²) in [5.74, 6) is -3.64. The predicted molar refractivity (Wildman–Crippen MR) is 66.1 cm³/mol. The number of hydrogen-bond donors (Lipinski definition) is 1. The Morgan fingerprint density at radius 2 is 1.80 bits per heavy atom. The summed E-state index contributed by atoms with van der Waals surface area (Å²) in [6.07, 6.45) is 0.358. The zero-order valence-electron chi connectivity index (χ0n) is 11.0. The summed E-state index contributed by atoms with van der Waals surface area (Å²) in [6, 6.07) is 1.47. The van der Waals surface area contributed by atoms with Gasteiger partial charge in [0.25, 0.3) is 0 Å². The van der Waals surface area contributed by atoms with Gasteiger partial charge < -0.3 is 10.3 Å². The van der Waals surface area contributed by atoms with Crippen molar-refractivity contribution in [2.45, 2.75) is 26.3 Å². The Hall–Kier alpha value is -1.89. The van der Waals surface area contributed by atoms with E-state index in [0.29, 0.717) is 6.42 Å². The van der Waals surface area contributed by atoms with Gasteiger partial charge in [-0.2, -0.15) is 4.98 Å². The molecule has 1 aromatic heterocycles. The summed E-state index contributed by atoms with van der Waals surface area (Å²) in [4.78, 5) is 4.00. The molecule has 2 aromatic rings. The molecule has 0 spiro atoms. The molecule has 1 aromatic carbocycles. The van der Waals surface area contributed by atoms with Gasteiger partial charge in [-0.1, -0.05) is 19.0 Å². The van der Waals surface area contributed by atoms with Gasteiger partial charge in [0.1, 0.15) is 0 Å². The van der Waals surface area contributed by atoms with Gasteiger partial charge in [0.2, 0.25) is 11.7 Å². The van der Waals surface area contributed by atoms with Crippen LogP contribution in [0.4, 0.5) is 13.2 Å². The second-order valence-electron chi connectivity index (χ2n) is 4.88. The molecule has 0 amide bonds. The third kappa shape index (κ3) is 2.98. The lowest BCUT2D eigenvalue weighted by atomic mass is 10.0. The highest BCUT2D eigenvalue weighted by molar-refractivity contribution is 5.54. The van der Waals surface area contributed by atoms with Gasteiger partial charge in [0.05, 0.1) is 0 Å². The average molecular weight is 285 g/mol. The van der Waals surface area contributed by atoms with Crippen LogP contribution in [0, 0.1) is 23.4 Å². The monoisotopic (exact) mass is 285 g/mol. The summed E-state index contributed by atoms with van der Waals surface area (Å²) >= 11 is 0. The van der Waals surface area contributed by atoms with Gasteiger partial charge in [0, 0.05) is 18.0 Å². The van der Waals surface area contributed by atoms with Crippen LogP contribution in [-0.2, 0) is 6.42 Å². The first kappa shape index (κ1) is 14.5. The van der Waals surface area contributed by atoms with Crippen molar-refractivity contribution < 1.29 is 17.7 Å². The second kappa shape index (κ2) is 5.62. The quantitative estimate of drug-likeness (QED) is 0.877. The maximum Gasteiger partial charge on any atom is 0.228 e. The largest absolute Gasteiger partial charge is 0.339 e. The lowest BCUT2D eigenvalue weighted by Crippen LogP contribution is -2.28. The maximum absolute atomic E-state index is 13.1. The Labute approximate surface area is 113 Å². The summed E-state index contributed by atoms with van der Waals surface area (Å²) in [5.41, 5.74) is 5.88. The van der Waals surface area contributed by atoms with Gasteiger partial charge >= 0.3 is 0 Å². The van der Waals surface area contributed by atoms with Crippen molar-refractivity contribution in [3.05, 3.63) is 35.5 Å². The fourth-order valence-electron chi connectivity index (χ4n) is 1.58. The van der Waals surface area contributed by atoms with E-state index >= 15 is 0 Å². The third-order valence-electron chi connectivity index (χ3n) is 2.98. The molecule has 0 saturated heterocycles. The van der Waals surface area contributed by atoms with E-state index in [1.807, 2.05) is 13.8 Å². The summed E-state index contributed by atoms with van der Waals surface area (Å²) in [7, 11) is 0. The normalized spacial score (nSPS) is 12.9. The molecule has 0 aliphatic rings. The fourth-order valence-corrected chi connectivity index (χ4v) is 1.58. The van der Waals surface area contributed by atoms with E-state index in [1.54, 1.807) is 0 Å². The standard InChI is InChI=1S/C13H14F3N3O/c1-6(2)10(17)5-11-18-13(19-20-11)7-3-8(14)12(16)9(15)4-7/h3-4,6,10H,5,17H2,1-2H3. The lowest BCUT2D eigenvalue weighted by Gasteiger charge is -2.11. The molecule has 1 unspecified atom stereocenters. The van der Waals surface area contributed by atoms with E-state index in [9.17, 15) is 13.2 Å². The molecule has 0 saturated carbocycles. The minimum atomic E-state index is -1.53. The van der Waals surface area contributed by atoms with E-state index in [2.05, 4.69) is 10.1 Å². The molecule has 1 atom stereocenters. The molecule has 108 valence electrons. The molecule has 20 heavy (non-hydrogen) atoms. The highest BCUT2D eigenvalue weighted by Crippen LogP contribution is 2.21. The molecule has 0 bridgehead atoms. The van der Waals surface area contributed by atoms with Crippen molar-refractivity contribution in [1.82, 2.24) is 10.1 Å². The number of hydrogen-bond acceptors (Lipinski definition) is 4. The minimum absolute atomic E-state index is 0.00578. The first-order chi connectivity index (χ1) is 9.38. The van der Waals surface area contributed by atoms with Gasteiger partial charge in [-0.05, 0) is 18.1 Å². The smallest absolute Gasteiger partial charge is 0.228 e. The molecule has 7 heteroatoms. The molecule has 2 rings (SSSR count). The van der Waals surface area contributed by atoms with Gasteiger partial charge in [-0.3, -0.25) is 0 Å². The molecule has 0 aliphatic carbocycles. The van der Waals surface area contributed by atoms with Crippen molar-refractivity contribution >= 4 is 0 Å². The van der Waals surface area contributed by atoms with Crippen molar-refractivity contribution in [3.8, 4) is 11.4 Å². The Bertz CT molecular complexity index is 590.